The molecule has 0 aromatic heterocycles. The van der Waals surface area contributed by atoms with Crippen molar-refractivity contribution in [3.8, 4) is 5.75 Å². The molecule has 0 unspecified atom stereocenters. The van der Waals surface area contributed by atoms with Gasteiger partial charge in [-0.1, -0.05) is 43.0 Å². The fraction of sp³-hybridized carbons (Fsp3) is 0.143. The van der Waals surface area contributed by atoms with Crippen LogP contribution in [-0.4, -0.2) is 5.11 Å². The first-order valence-electron chi connectivity index (χ1n) is 4.98. The van der Waals surface area contributed by atoms with Gasteiger partial charge in [-0.2, -0.15) is 0 Å². The highest BCUT2D eigenvalue weighted by atomic mass is 16.3. The topological polar surface area (TPSA) is 20.2 Å². The highest BCUT2D eigenvalue weighted by Crippen LogP contribution is 2.13. The zero-order valence-corrected chi connectivity index (χ0v) is 8.98. The summed E-state index contributed by atoms with van der Waals surface area (Å²) in [4.78, 5) is 0. The van der Waals surface area contributed by atoms with Gasteiger partial charge in [0.25, 0.3) is 0 Å². The Kier molecular flexibility index (Phi) is 4.42. The third-order valence-corrected chi connectivity index (χ3v) is 2.11. The minimum atomic E-state index is 0.302. The molecule has 0 aliphatic rings. The molecule has 1 aromatic carbocycles. The lowest BCUT2D eigenvalue weighted by atomic mass is 10.0. The Morgan fingerprint density at radius 2 is 2.00 bits per heavy atom. The second-order valence-electron chi connectivity index (χ2n) is 3.31. The summed E-state index contributed by atoms with van der Waals surface area (Å²) in [5.41, 5.74) is 2.34. The van der Waals surface area contributed by atoms with Crippen LogP contribution in [0.3, 0.4) is 0 Å². The minimum absolute atomic E-state index is 0.302. The van der Waals surface area contributed by atoms with E-state index in [2.05, 4.69) is 6.58 Å². The Hall–Kier alpha value is -1.76. The van der Waals surface area contributed by atoms with Crippen molar-refractivity contribution in [1.82, 2.24) is 0 Å². The normalized spacial score (nSPS) is 11.9. The van der Waals surface area contributed by atoms with E-state index in [0.29, 0.717) is 5.75 Å². The molecule has 0 saturated heterocycles. The Morgan fingerprint density at radius 3 is 2.53 bits per heavy atom. The van der Waals surface area contributed by atoms with Crippen LogP contribution in [0.25, 0.3) is 0 Å². The van der Waals surface area contributed by atoms with Gasteiger partial charge in [0, 0.05) is 0 Å². The molecular weight excluding hydrogens is 184 g/mol. The lowest BCUT2D eigenvalue weighted by molar-refractivity contribution is 0.475. The van der Waals surface area contributed by atoms with Crippen molar-refractivity contribution < 1.29 is 5.11 Å². The maximum atomic E-state index is 9.14. The molecular formula is C14H16O. The maximum absolute atomic E-state index is 9.14. The zero-order chi connectivity index (χ0) is 11.1. The van der Waals surface area contributed by atoms with Crippen LogP contribution in [-0.2, 0) is 6.42 Å². The van der Waals surface area contributed by atoms with E-state index in [1.165, 1.54) is 11.1 Å². The molecule has 0 saturated carbocycles. The predicted molar refractivity (Wildman–Crippen MR) is 64.9 cm³/mol. The van der Waals surface area contributed by atoms with Crippen LogP contribution < -0.4 is 0 Å². The van der Waals surface area contributed by atoms with Gasteiger partial charge in [0.15, 0.2) is 0 Å². The number of hydrogen-bond acceptors (Lipinski definition) is 1. The van der Waals surface area contributed by atoms with Gasteiger partial charge in [-0.25, -0.2) is 0 Å². The van der Waals surface area contributed by atoms with Crippen LogP contribution in [0.15, 0.2) is 60.7 Å². The second kappa shape index (κ2) is 5.86. The van der Waals surface area contributed by atoms with Crippen LogP contribution in [0.4, 0.5) is 0 Å². The van der Waals surface area contributed by atoms with Gasteiger partial charge >= 0.3 is 0 Å². The number of rotatable bonds is 4. The summed E-state index contributed by atoms with van der Waals surface area (Å²) < 4.78 is 0. The van der Waals surface area contributed by atoms with Crippen molar-refractivity contribution in [2.75, 3.05) is 0 Å². The molecule has 0 aliphatic heterocycles. The van der Waals surface area contributed by atoms with Crippen LogP contribution in [0.5, 0.6) is 5.75 Å². The van der Waals surface area contributed by atoms with Crippen LogP contribution in [0.2, 0.25) is 0 Å². The number of aromatic hydroxyl groups is 1. The molecule has 1 N–H and O–H groups in total. The van der Waals surface area contributed by atoms with E-state index < -0.39 is 0 Å². The molecule has 1 nitrogen and oxygen atoms in total. The van der Waals surface area contributed by atoms with Gasteiger partial charge in [0.1, 0.15) is 5.75 Å². The van der Waals surface area contributed by atoms with Crippen LogP contribution in [0.1, 0.15) is 12.5 Å². The monoisotopic (exact) mass is 200 g/mol. The lowest BCUT2D eigenvalue weighted by Gasteiger charge is -2.01. The molecule has 1 rings (SSSR count). The summed E-state index contributed by atoms with van der Waals surface area (Å²) in [6.45, 7) is 5.76. The molecule has 0 amide bonds. The average Bonchev–Trinajstić information content (AvgIpc) is 2.27. The van der Waals surface area contributed by atoms with Gasteiger partial charge in [0.2, 0.25) is 0 Å². The maximum Gasteiger partial charge on any atom is 0.115 e. The van der Waals surface area contributed by atoms with Crippen molar-refractivity contribution >= 4 is 0 Å². The van der Waals surface area contributed by atoms with Crippen molar-refractivity contribution in [2.45, 2.75) is 13.3 Å². The molecule has 0 bridgehead atoms. The Bertz CT molecular complexity index is 369. The first kappa shape index (κ1) is 11.3. The van der Waals surface area contributed by atoms with Crippen molar-refractivity contribution in [1.29, 1.82) is 0 Å². The van der Waals surface area contributed by atoms with Crippen molar-refractivity contribution in [3.05, 3.63) is 66.3 Å². The summed E-state index contributed by atoms with van der Waals surface area (Å²) in [6, 6.07) is 7.24. The highest BCUT2D eigenvalue weighted by molar-refractivity contribution is 5.33. The van der Waals surface area contributed by atoms with Crippen molar-refractivity contribution in [3.63, 3.8) is 0 Å². The summed E-state index contributed by atoms with van der Waals surface area (Å²) in [5, 5.41) is 9.14. The molecule has 0 fully saturated rings. The highest BCUT2D eigenvalue weighted by Gasteiger charge is 1.95. The van der Waals surface area contributed by atoms with E-state index in [1.54, 1.807) is 12.1 Å². The van der Waals surface area contributed by atoms with E-state index >= 15 is 0 Å². The van der Waals surface area contributed by atoms with Gasteiger partial charge in [0.05, 0.1) is 0 Å². The van der Waals surface area contributed by atoms with Crippen LogP contribution >= 0.6 is 0 Å². The summed E-state index contributed by atoms with van der Waals surface area (Å²) in [7, 11) is 0. The van der Waals surface area contributed by atoms with Crippen LogP contribution in [0, 0.1) is 0 Å². The third-order valence-electron chi connectivity index (χ3n) is 2.11. The Balaban J connectivity index is 2.75. The van der Waals surface area contributed by atoms with E-state index in [1.807, 2.05) is 43.4 Å². The quantitative estimate of drug-likeness (QED) is 0.736. The predicted octanol–water partition coefficient (Wildman–Crippen LogP) is 3.62. The first-order chi connectivity index (χ1) is 7.26. The minimum Gasteiger partial charge on any atom is -0.508 e. The third kappa shape index (κ3) is 3.86. The van der Waals surface area contributed by atoms with Gasteiger partial charge in [-0.3, -0.25) is 0 Å². The molecule has 1 heteroatoms. The molecule has 0 radical (unpaired) electrons. The Morgan fingerprint density at radius 1 is 1.33 bits per heavy atom. The SMILES string of the molecule is C=C/C(=C\C=C/C)Cc1ccc(O)cc1. The number of allylic oxidation sites excluding steroid dienone is 5. The van der Waals surface area contributed by atoms with E-state index in [0.717, 1.165) is 6.42 Å². The van der Waals surface area contributed by atoms with Gasteiger partial charge in [-0.05, 0) is 36.6 Å². The largest absolute Gasteiger partial charge is 0.508 e. The van der Waals surface area contributed by atoms with E-state index in [-0.39, 0.29) is 0 Å². The Labute approximate surface area is 91.1 Å². The second-order valence-corrected chi connectivity index (χ2v) is 3.31. The van der Waals surface area contributed by atoms with Gasteiger partial charge in [-0.15, -0.1) is 0 Å². The number of hydrogen-bond donors (Lipinski definition) is 1. The summed E-state index contributed by atoms with van der Waals surface area (Å²) in [6.07, 6.45) is 8.72. The standard InChI is InChI=1S/C14H16O/c1-3-5-6-12(4-2)11-13-7-9-14(15)10-8-13/h3-10,15H,2,11H2,1H3/b5-3-,12-6+. The molecule has 0 spiro atoms. The van der Waals surface area contributed by atoms with Gasteiger partial charge < -0.3 is 5.11 Å². The average molecular weight is 200 g/mol. The van der Waals surface area contributed by atoms with E-state index in [9.17, 15) is 0 Å². The number of benzene rings is 1. The summed E-state index contributed by atoms with van der Waals surface area (Å²) >= 11 is 0. The smallest absolute Gasteiger partial charge is 0.115 e. The van der Waals surface area contributed by atoms with E-state index in [4.69, 9.17) is 5.11 Å². The molecule has 0 heterocycles. The molecule has 0 aliphatic carbocycles. The molecule has 78 valence electrons. The fourth-order valence-electron chi connectivity index (χ4n) is 1.27. The fourth-order valence-corrected chi connectivity index (χ4v) is 1.27. The molecule has 1 aromatic rings. The summed E-state index contributed by atoms with van der Waals surface area (Å²) in [5.74, 6) is 0.302. The zero-order valence-electron chi connectivity index (χ0n) is 8.98. The number of phenolic OH excluding ortho intramolecular Hbond substituents is 1. The molecule has 15 heavy (non-hydrogen) atoms. The molecule has 0 atom stereocenters. The number of phenols is 1. The van der Waals surface area contributed by atoms with Crippen molar-refractivity contribution in [2.24, 2.45) is 0 Å². The lowest BCUT2D eigenvalue weighted by Crippen LogP contribution is -1.86. The first-order valence-corrected chi connectivity index (χ1v) is 4.98.